The average molecular weight is 166 g/mol. The zero-order chi connectivity index (χ0) is 8.97. The zero-order valence-corrected chi connectivity index (χ0v) is 7.28. The molecule has 0 aliphatic heterocycles. The van der Waals surface area contributed by atoms with Crippen LogP contribution in [0.15, 0.2) is 24.5 Å². The molecular weight excluding hydrogens is 154 g/mol. The van der Waals surface area contributed by atoms with Crippen molar-refractivity contribution in [2.24, 2.45) is 0 Å². The van der Waals surface area contributed by atoms with Crippen LogP contribution in [0.3, 0.4) is 0 Å². The van der Waals surface area contributed by atoms with Gasteiger partial charge in [-0.1, -0.05) is 0 Å². The minimum Gasteiger partial charge on any atom is -0.465 e. The van der Waals surface area contributed by atoms with Gasteiger partial charge < -0.3 is 4.74 Å². The van der Waals surface area contributed by atoms with E-state index in [1.54, 1.807) is 12.3 Å². The van der Waals surface area contributed by atoms with E-state index in [4.69, 9.17) is 0 Å². The normalized spacial score (nSPS) is 9.50. The summed E-state index contributed by atoms with van der Waals surface area (Å²) >= 11 is 0. The van der Waals surface area contributed by atoms with Crippen molar-refractivity contribution in [1.29, 1.82) is 0 Å². The van der Waals surface area contributed by atoms with Gasteiger partial charge in [0.05, 0.1) is 7.11 Å². The maximum absolute atomic E-state index is 11.0. The smallest absolute Gasteiger partial charge is 0.343 e. The summed E-state index contributed by atoms with van der Waals surface area (Å²) < 4.78 is 6.51. The van der Waals surface area contributed by atoms with Crippen LogP contribution >= 0.6 is 0 Å². The number of aromatic nitrogens is 1. The second-order valence-electron chi connectivity index (χ2n) is 2.41. The highest BCUT2D eigenvalue weighted by molar-refractivity contribution is 5.88. The molecule has 0 saturated heterocycles. The minimum atomic E-state index is -0.294. The van der Waals surface area contributed by atoms with Crippen molar-refractivity contribution in [2.45, 2.75) is 13.5 Å². The number of pyridine rings is 1. The van der Waals surface area contributed by atoms with Crippen molar-refractivity contribution >= 4 is 5.97 Å². The monoisotopic (exact) mass is 166 g/mol. The van der Waals surface area contributed by atoms with Gasteiger partial charge in [0.15, 0.2) is 12.4 Å². The molecule has 1 heterocycles. The molecule has 0 bridgehead atoms. The van der Waals surface area contributed by atoms with Gasteiger partial charge in [-0.25, -0.2) is 9.36 Å². The second kappa shape index (κ2) is 3.85. The number of ether oxygens (including phenoxy) is 1. The first kappa shape index (κ1) is 8.71. The summed E-state index contributed by atoms with van der Waals surface area (Å²) in [4.78, 5) is 11.0. The molecule has 1 aromatic heterocycles. The van der Waals surface area contributed by atoms with Crippen molar-refractivity contribution in [2.75, 3.05) is 7.11 Å². The van der Waals surface area contributed by atoms with Crippen LogP contribution in [-0.2, 0) is 11.3 Å². The minimum absolute atomic E-state index is 0.294. The number of nitrogens with zero attached hydrogens (tertiary/aromatic N) is 1. The predicted octanol–water partition coefficient (Wildman–Crippen LogP) is 0.781. The Hall–Kier alpha value is -1.38. The van der Waals surface area contributed by atoms with E-state index >= 15 is 0 Å². The lowest BCUT2D eigenvalue weighted by molar-refractivity contribution is -0.693. The maximum Gasteiger partial charge on any atom is 0.343 e. The number of aryl methyl sites for hydroxylation is 1. The Balaban J connectivity index is 2.93. The average Bonchev–Trinajstić information content (AvgIpc) is 2.17. The molecule has 0 radical (unpaired) electrons. The van der Waals surface area contributed by atoms with E-state index in [1.165, 1.54) is 7.11 Å². The van der Waals surface area contributed by atoms with Gasteiger partial charge in [0, 0.05) is 6.07 Å². The molecule has 0 aliphatic carbocycles. The number of hydrogen-bond acceptors (Lipinski definition) is 2. The van der Waals surface area contributed by atoms with Crippen LogP contribution in [0.2, 0.25) is 0 Å². The SMILES string of the molecule is CC[n+]1cccc(C(=O)OC)c1. The number of methoxy groups -OCH3 is 1. The molecule has 1 rings (SSSR count). The molecular formula is C9H12NO2+. The Bertz CT molecular complexity index is 284. The van der Waals surface area contributed by atoms with Crippen LogP contribution < -0.4 is 4.57 Å². The molecule has 64 valence electrons. The van der Waals surface area contributed by atoms with Gasteiger partial charge in [-0.05, 0) is 13.0 Å². The van der Waals surface area contributed by atoms with Crippen molar-refractivity contribution in [1.82, 2.24) is 0 Å². The molecule has 0 saturated carbocycles. The Morgan fingerprint density at radius 2 is 2.42 bits per heavy atom. The Morgan fingerprint density at radius 3 is 3.00 bits per heavy atom. The van der Waals surface area contributed by atoms with Crippen molar-refractivity contribution in [3.05, 3.63) is 30.1 Å². The van der Waals surface area contributed by atoms with E-state index in [-0.39, 0.29) is 5.97 Å². The first-order chi connectivity index (χ1) is 5.77. The molecule has 3 nitrogen and oxygen atoms in total. The van der Waals surface area contributed by atoms with E-state index in [2.05, 4.69) is 4.74 Å². The fourth-order valence-electron chi connectivity index (χ4n) is 0.957. The Kier molecular flexibility index (Phi) is 2.80. The van der Waals surface area contributed by atoms with Gasteiger partial charge in [-0.2, -0.15) is 0 Å². The number of carbonyl (C=O) groups excluding carboxylic acids is 1. The van der Waals surface area contributed by atoms with Gasteiger partial charge in [0.2, 0.25) is 0 Å². The molecule has 0 unspecified atom stereocenters. The highest BCUT2D eigenvalue weighted by Gasteiger charge is 2.08. The van der Waals surface area contributed by atoms with Crippen LogP contribution in [0, 0.1) is 0 Å². The molecule has 0 spiro atoms. The molecule has 0 atom stereocenters. The van der Waals surface area contributed by atoms with Gasteiger partial charge in [-0.15, -0.1) is 0 Å². The third-order valence-electron chi connectivity index (χ3n) is 1.64. The lowest BCUT2D eigenvalue weighted by Gasteiger charge is -1.96. The van der Waals surface area contributed by atoms with Crippen molar-refractivity contribution < 1.29 is 14.1 Å². The van der Waals surface area contributed by atoms with Gasteiger partial charge in [0.25, 0.3) is 0 Å². The summed E-state index contributed by atoms with van der Waals surface area (Å²) in [7, 11) is 1.38. The van der Waals surface area contributed by atoms with Crippen LogP contribution in [0.4, 0.5) is 0 Å². The van der Waals surface area contributed by atoms with E-state index < -0.39 is 0 Å². The van der Waals surface area contributed by atoms with Crippen LogP contribution in [0.5, 0.6) is 0 Å². The van der Waals surface area contributed by atoms with Gasteiger partial charge in [0.1, 0.15) is 12.1 Å². The van der Waals surface area contributed by atoms with Crippen molar-refractivity contribution in [3.63, 3.8) is 0 Å². The number of hydrogen-bond donors (Lipinski definition) is 0. The fraction of sp³-hybridized carbons (Fsp3) is 0.333. The van der Waals surface area contributed by atoms with Crippen molar-refractivity contribution in [3.8, 4) is 0 Å². The lowest BCUT2D eigenvalue weighted by atomic mass is 10.3. The summed E-state index contributed by atoms with van der Waals surface area (Å²) in [5.41, 5.74) is 0.585. The zero-order valence-electron chi connectivity index (χ0n) is 7.28. The predicted molar refractivity (Wildman–Crippen MR) is 43.7 cm³/mol. The molecule has 1 aromatic rings. The number of carbonyl (C=O) groups is 1. The fourth-order valence-corrected chi connectivity index (χ4v) is 0.957. The maximum atomic E-state index is 11.0. The quantitative estimate of drug-likeness (QED) is 0.480. The first-order valence-corrected chi connectivity index (χ1v) is 3.85. The molecule has 0 aromatic carbocycles. The molecule has 0 aliphatic rings. The molecule has 12 heavy (non-hydrogen) atoms. The Labute approximate surface area is 71.6 Å². The summed E-state index contributed by atoms with van der Waals surface area (Å²) in [5, 5.41) is 0. The number of esters is 1. The molecule has 0 amide bonds. The third-order valence-corrected chi connectivity index (χ3v) is 1.64. The topological polar surface area (TPSA) is 30.2 Å². The standard InChI is InChI=1S/C9H12NO2/c1-3-10-6-4-5-8(7-10)9(11)12-2/h4-7H,3H2,1-2H3/q+1. The van der Waals surface area contributed by atoms with E-state index in [0.717, 1.165) is 6.54 Å². The highest BCUT2D eigenvalue weighted by atomic mass is 16.5. The first-order valence-electron chi connectivity index (χ1n) is 3.85. The third kappa shape index (κ3) is 1.81. The molecule has 0 fully saturated rings. The van der Waals surface area contributed by atoms with E-state index in [9.17, 15) is 4.79 Å². The van der Waals surface area contributed by atoms with Crippen LogP contribution in [0.25, 0.3) is 0 Å². The van der Waals surface area contributed by atoms with Gasteiger partial charge in [-0.3, -0.25) is 0 Å². The second-order valence-corrected chi connectivity index (χ2v) is 2.41. The highest BCUT2D eigenvalue weighted by Crippen LogP contribution is 1.95. The molecule has 3 heteroatoms. The van der Waals surface area contributed by atoms with Crippen LogP contribution in [-0.4, -0.2) is 13.1 Å². The summed E-state index contributed by atoms with van der Waals surface area (Å²) in [6.45, 7) is 2.87. The number of rotatable bonds is 2. The summed E-state index contributed by atoms with van der Waals surface area (Å²) in [5.74, 6) is -0.294. The Morgan fingerprint density at radius 1 is 1.67 bits per heavy atom. The summed E-state index contributed by atoms with van der Waals surface area (Å²) in [6.07, 6.45) is 3.68. The summed E-state index contributed by atoms with van der Waals surface area (Å²) in [6, 6.07) is 3.56. The van der Waals surface area contributed by atoms with E-state index in [1.807, 2.05) is 23.8 Å². The largest absolute Gasteiger partial charge is 0.465 e. The lowest BCUT2D eigenvalue weighted by Crippen LogP contribution is -2.32. The molecule has 0 N–H and O–H groups in total. The van der Waals surface area contributed by atoms with E-state index in [0.29, 0.717) is 5.56 Å². The van der Waals surface area contributed by atoms with Gasteiger partial charge >= 0.3 is 5.97 Å². The van der Waals surface area contributed by atoms with Crippen LogP contribution in [0.1, 0.15) is 17.3 Å².